The molecule has 0 aliphatic heterocycles. The first-order chi connectivity index (χ1) is 4.20. The molecule has 1 heterocycles. The minimum absolute atomic E-state index is 0. The summed E-state index contributed by atoms with van der Waals surface area (Å²) in [5.74, 6) is -4.04. The van der Waals surface area contributed by atoms with Crippen LogP contribution in [0.25, 0.3) is 0 Å². The van der Waals surface area contributed by atoms with Gasteiger partial charge in [-0.25, -0.2) is 4.98 Å². The highest BCUT2D eigenvalue weighted by molar-refractivity contribution is 5.85. The van der Waals surface area contributed by atoms with E-state index in [4.69, 9.17) is 0 Å². The van der Waals surface area contributed by atoms with Gasteiger partial charge >= 0.3 is 0 Å². The summed E-state index contributed by atoms with van der Waals surface area (Å²) < 4.78 is 35.3. The summed E-state index contributed by atoms with van der Waals surface area (Å²) >= 11 is 0. The molecular formula is C4H3Cl2F3N2. The van der Waals surface area contributed by atoms with Gasteiger partial charge in [-0.05, 0) is 0 Å². The van der Waals surface area contributed by atoms with Crippen molar-refractivity contribution in [3.05, 3.63) is 24.0 Å². The maximum atomic E-state index is 11.8. The molecule has 1 aromatic rings. The first-order valence-electron chi connectivity index (χ1n) is 2.03. The molecule has 0 aliphatic rings. The van der Waals surface area contributed by atoms with Crippen molar-refractivity contribution >= 4 is 24.8 Å². The van der Waals surface area contributed by atoms with Crippen molar-refractivity contribution in [3.63, 3.8) is 0 Å². The molecule has 64 valence electrons. The maximum absolute atomic E-state index is 11.8. The second kappa shape index (κ2) is 5.15. The standard InChI is InChI=1S/C4HF3N2.2ClH/c5-2-1-8-3(6)4(7)9-2;;/h1H;2*1H. The quantitative estimate of drug-likeness (QED) is 0.647. The monoisotopic (exact) mass is 206 g/mol. The molecule has 0 saturated heterocycles. The molecule has 0 atom stereocenters. The molecule has 0 spiro atoms. The van der Waals surface area contributed by atoms with E-state index in [0.717, 1.165) is 0 Å². The third-order valence-corrected chi connectivity index (χ3v) is 0.660. The van der Waals surface area contributed by atoms with E-state index < -0.39 is 17.8 Å². The van der Waals surface area contributed by atoms with Crippen molar-refractivity contribution in [1.82, 2.24) is 9.97 Å². The molecule has 2 nitrogen and oxygen atoms in total. The molecule has 0 unspecified atom stereocenters. The Balaban J connectivity index is 0. The Morgan fingerprint density at radius 3 is 1.91 bits per heavy atom. The zero-order chi connectivity index (χ0) is 6.85. The van der Waals surface area contributed by atoms with Gasteiger partial charge < -0.3 is 0 Å². The van der Waals surface area contributed by atoms with Crippen molar-refractivity contribution in [3.8, 4) is 0 Å². The number of nitrogens with zero attached hydrogens (tertiary/aromatic N) is 2. The summed E-state index contributed by atoms with van der Waals surface area (Å²) in [6.45, 7) is 0. The SMILES string of the molecule is Cl.Cl.Fc1cnc(F)c(F)n1. The molecule has 0 radical (unpaired) electrons. The van der Waals surface area contributed by atoms with Gasteiger partial charge in [0.1, 0.15) is 0 Å². The van der Waals surface area contributed by atoms with E-state index in [1.54, 1.807) is 0 Å². The molecule has 0 aromatic carbocycles. The molecule has 0 saturated carbocycles. The lowest BCUT2D eigenvalue weighted by molar-refractivity contribution is 0.421. The van der Waals surface area contributed by atoms with Gasteiger partial charge in [-0.3, -0.25) is 0 Å². The molecular weight excluding hydrogens is 204 g/mol. The minimum atomic E-state index is -1.52. The van der Waals surface area contributed by atoms with Crippen molar-refractivity contribution in [1.29, 1.82) is 0 Å². The first kappa shape index (κ1) is 13.1. The summed E-state index contributed by atoms with van der Waals surface area (Å²) in [4.78, 5) is 5.20. The van der Waals surface area contributed by atoms with E-state index in [1.165, 1.54) is 0 Å². The Morgan fingerprint density at radius 1 is 1.00 bits per heavy atom. The first-order valence-corrected chi connectivity index (χ1v) is 2.03. The molecule has 0 aliphatic carbocycles. The zero-order valence-corrected chi connectivity index (χ0v) is 6.56. The lowest BCUT2D eigenvalue weighted by Gasteiger charge is -1.87. The third-order valence-electron chi connectivity index (χ3n) is 0.660. The Bertz CT molecular complexity index is 233. The van der Waals surface area contributed by atoms with Crippen LogP contribution < -0.4 is 0 Å². The van der Waals surface area contributed by atoms with Gasteiger partial charge in [-0.15, -0.1) is 24.8 Å². The van der Waals surface area contributed by atoms with Gasteiger partial charge in [-0.1, -0.05) is 0 Å². The smallest absolute Gasteiger partial charge is 0.219 e. The fraction of sp³-hybridized carbons (Fsp3) is 0. The van der Waals surface area contributed by atoms with Crippen LogP contribution in [-0.4, -0.2) is 9.97 Å². The highest BCUT2D eigenvalue weighted by Crippen LogP contribution is 1.97. The van der Waals surface area contributed by atoms with E-state index in [-0.39, 0.29) is 24.8 Å². The van der Waals surface area contributed by atoms with Gasteiger partial charge in [0.05, 0.1) is 6.20 Å². The van der Waals surface area contributed by atoms with Crippen LogP contribution in [0.1, 0.15) is 0 Å². The van der Waals surface area contributed by atoms with Gasteiger partial charge in [0.25, 0.3) is 11.9 Å². The van der Waals surface area contributed by atoms with Crippen LogP contribution in [0.4, 0.5) is 13.2 Å². The zero-order valence-electron chi connectivity index (χ0n) is 4.92. The van der Waals surface area contributed by atoms with Crippen LogP contribution in [0, 0.1) is 17.8 Å². The second-order valence-corrected chi connectivity index (χ2v) is 1.27. The second-order valence-electron chi connectivity index (χ2n) is 1.27. The molecule has 1 aromatic heterocycles. The van der Waals surface area contributed by atoms with Crippen molar-refractivity contribution in [2.75, 3.05) is 0 Å². The summed E-state index contributed by atoms with van der Waals surface area (Å²) in [6, 6.07) is 0. The van der Waals surface area contributed by atoms with Gasteiger partial charge in [0.2, 0.25) is 5.95 Å². The van der Waals surface area contributed by atoms with E-state index in [9.17, 15) is 13.2 Å². The number of rotatable bonds is 0. The van der Waals surface area contributed by atoms with E-state index in [2.05, 4.69) is 9.97 Å². The Morgan fingerprint density at radius 2 is 1.55 bits per heavy atom. The van der Waals surface area contributed by atoms with Gasteiger partial charge in [0, 0.05) is 0 Å². The number of hydrogen-bond acceptors (Lipinski definition) is 2. The fourth-order valence-corrected chi connectivity index (χ4v) is 0.332. The summed E-state index contributed by atoms with van der Waals surface area (Å²) in [7, 11) is 0. The topological polar surface area (TPSA) is 25.8 Å². The third kappa shape index (κ3) is 3.38. The minimum Gasteiger partial charge on any atom is -0.219 e. The van der Waals surface area contributed by atoms with Crippen LogP contribution in [-0.2, 0) is 0 Å². The van der Waals surface area contributed by atoms with Crippen molar-refractivity contribution in [2.45, 2.75) is 0 Å². The van der Waals surface area contributed by atoms with Gasteiger partial charge in [-0.2, -0.15) is 18.2 Å². The normalized spacial score (nSPS) is 7.91. The Kier molecular flexibility index (Phi) is 6.12. The molecule has 1 rings (SSSR count). The van der Waals surface area contributed by atoms with Crippen LogP contribution in [0.15, 0.2) is 6.20 Å². The number of halogens is 5. The fourth-order valence-electron chi connectivity index (χ4n) is 0.332. The van der Waals surface area contributed by atoms with Gasteiger partial charge in [0.15, 0.2) is 0 Å². The molecule has 0 bridgehead atoms. The van der Waals surface area contributed by atoms with Crippen LogP contribution in [0.2, 0.25) is 0 Å². The summed E-state index contributed by atoms with van der Waals surface area (Å²) in [5.41, 5.74) is 0. The molecule has 0 N–H and O–H groups in total. The Labute approximate surface area is 72.7 Å². The van der Waals surface area contributed by atoms with E-state index in [0.29, 0.717) is 6.20 Å². The average molecular weight is 207 g/mol. The van der Waals surface area contributed by atoms with E-state index in [1.807, 2.05) is 0 Å². The molecule has 0 amide bonds. The Hall–Kier alpha value is -0.550. The van der Waals surface area contributed by atoms with Crippen LogP contribution in [0.3, 0.4) is 0 Å². The highest BCUT2D eigenvalue weighted by Gasteiger charge is 2.03. The lowest BCUT2D eigenvalue weighted by Crippen LogP contribution is -1.95. The molecule has 0 fully saturated rings. The van der Waals surface area contributed by atoms with Crippen molar-refractivity contribution in [2.24, 2.45) is 0 Å². The lowest BCUT2D eigenvalue weighted by atomic mass is 10.7. The number of hydrogen-bond donors (Lipinski definition) is 0. The predicted molar refractivity (Wildman–Crippen MR) is 36.4 cm³/mol. The summed E-state index contributed by atoms with van der Waals surface area (Å²) in [6.07, 6.45) is 0.498. The van der Waals surface area contributed by atoms with Crippen LogP contribution >= 0.6 is 24.8 Å². The van der Waals surface area contributed by atoms with Crippen molar-refractivity contribution < 1.29 is 13.2 Å². The highest BCUT2D eigenvalue weighted by atomic mass is 35.5. The molecule has 11 heavy (non-hydrogen) atoms. The van der Waals surface area contributed by atoms with E-state index >= 15 is 0 Å². The maximum Gasteiger partial charge on any atom is 0.271 e. The summed E-state index contributed by atoms with van der Waals surface area (Å²) in [5, 5.41) is 0. The molecule has 7 heteroatoms. The predicted octanol–water partition coefficient (Wildman–Crippen LogP) is 1.74. The van der Waals surface area contributed by atoms with Crippen LogP contribution in [0.5, 0.6) is 0 Å². The largest absolute Gasteiger partial charge is 0.271 e. The average Bonchev–Trinajstić information content (AvgIpc) is 1.80. The number of aromatic nitrogens is 2.